The molecule has 0 bridgehead atoms. The van der Waals surface area contributed by atoms with Gasteiger partial charge in [0.25, 0.3) is 5.91 Å². The maximum absolute atomic E-state index is 12.9. The van der Waals surface area contributed by atoms with Gasteiger partial charge in [0.2, 0.25) is 0 Å². The zero-order chi connectivity index (χ0) is 13.1. The summed E-state index contributed by atoms with van der Waals surface area (Å²) in [6.07, 6.45) is 2.87. The Morgan fingerprint density at radius 3 is 2.72 bits per heavy atom. The number of hydrogen-bond acceptors (Lipinski definition) is 4. The van der Waals surface area contributed by atoms with Crippen LogP contribution in [0.4, 0.5) is 15.8 Å². The molecule has 2 rings (SSSR count). The second-order valence-electron chi connectivity index (χ2n) is 3.73. The first-order valence-corrected chi connectivity index (χ1v) is 5.21. The minimum Gasteiger partial charge on any atom is -0.396 e. The lowest BCUT2D eigenvalue weighted by Crippen LogP contribution is -2.14. The van der Waals surface area contributed by atoms with Gasteiger partial charge in [0.15, 0.2) is 0 Å². The van der Waals surface area contributed by atoms with Crippen LogP contribution in [0.3, 0.4) is 0 Å². The molecule has 0 aliphatic heterocycles. The summed E-state index contributed by atoms with van der Waals surface area (Å²) in [5, 5.41) is 2.56. The molecule has 18 heavy (non-hydrogen) atoms. The Hall–Kier alpha value is -2.50. The highest BCUT2D eigenvalue weighted by atomic mass is 19.1. The van der Waals surface area contributed by atoms with Crippen LogP contribution in [0, 0.1) is 12.7 Å². The van der Waals surface area contributed by atoms with E-state index in [4.69, 9.17) is 5.73 Å². The highest BCUT2D eigenvalue weighted by Crippen LogP contribution is 2.16. The molecule has 0 unspecified atom stereocenters. The summed E-state index contributed by atoms with van der Waals surface area (Å²) in [5.74, 6) is -0.948. The smallest absolute Gasteiger partial charge is 0.275 e. The van der Waals surface area contributed by atoms with Crippen LogP contribution in [0.15, 0.2) is 30.6 Å². The third-order valence-corrected chi connectivity index (χ3v) is 2.27. The second kappa shape index (κ2) is 4.79. The van der Waals surface area contributed by atoms with Crippen LogP contribution in [0.1, 0.15) is 16.2 Å². The summed E-state index contributed by atoms with van der Waals surface area (Å²) in [6, 6.07) is 3.95. The molecule has 92 valence electrons. The molecule has 1 heterocycles. The number of nitrogens with zero attached hydrogens (tertiary/aromatic N) is 2. The van der Waals surface area contributed by atoms with Crippen LogP contribution < -0.4 is 11.1 Å². The summed E-state index contributed by atoms with van der Waals surface area (Å²) >= 11 is 0. The third kappa shape index (κ3) is 2.60. The van der Waals surface area contributed by atoms with Crippen LogP contribution >= 0.6 is 0 Å². The number of anilines is 2. The summed E-state index contributed by atoms with van der Waals surface area (Å²) < 4.78 is 12.9. The van der Waals surface area contributed by atoms with Gasteiger partial charge >= 0.3 is 0 Å². The molecule has 1 amide bonds. The fourth-order valence-electron chi connectivity index (χ4n) is 1.33. The van der Waals surface area contributed by atoms with E-state index in [0.717, 1.165) is 5.69 Å². The van der Waals surface area contributed by atoms with Crippen molar-refractivity contribution < 1.29 is 9.18 Å². The van der Waals surface area contributed by atoms with Crippen LogP contribution in [-0.2, 0) is 0 Å². The molecule has 5 nitrogen and oxygen atoms in total. The van der Waals surface area contributed by atoms with Crippen molar-refractivity contribution in [3.8, 4) is 0 Å². The van der Waals surface area contributed by atoms with E-state index in [9.17, 15) is 9.18 Å². The van der Waals surface area contributed by atoms with Crippen molar-refractivity contribution >= 4 is 17.3 Å². The first-order valence-electron chi connectivity index (χ1n) is 5.21. The monoisotopic (exact) mass is 246 g/mol. The highest BCUT2D eigenvalue weighted by molar-refractivity contribution is 6.02. The van der Waals surface area contributed by atoms with Gasteiger partial charge in [-0.2, -0.15) is 0 Å². The van der Waals surface area contributed by atoms with E-state index in [-0.39, 0.29) is 11.4 Å². The summed E-state index contributed by atoms with van der Waals surface area (Å²) in [6.45, 7) is 1.77. The molecule has 1 aromatic heterocycles. The quantitative estimate of drug-likeness (QED) is 0.791. The van der Waals surface area contributed by atoms with Crippen LogP contribution in [0.5, 0.6) is 0 Å². The number of aryl methyl sites for hydroxylation is 1. The van der Waals surface area contributed by atoms with Crippen molar-refractivity contribution in [2.45, 2.75) is 6.92 Å². The molecule has 0 spiro atoms. The van der Waals surface area contributed by atoms with Gasteiger partial charge in [0.1, 0.15) is 11.5 Å². The van der Waals surface area contributed by atoms with Crippen molar-refractivity contribution in [2.75, 3.05) is 11.1 Å². The molecule has 0 saturated heterocycles. The molecule has 0 atom stereocenters. The lowest BCUT2D eigenvalue weighted by atomic mass is 10.2. The molecule has 0 radical (unpaired) electrons. The Kier molecular flexibility index (Phi) is 3.18. The van der Waals surface area contributed by atoms with Gasteiger partial charge in [-0.1, -0.05) is 0 Å². The van der Waals surface area contributed by atoms with Gasteiger partial charge in [-0.05, 0) is 25.1 Å². The number of carbonyl (C=O) groups is 1. The Bertz CT molecular complexity index is 583. The largest absolute Gasteiger partial charge is 0.396 e. The average molecular weight is 246 g/mol. The number of hydrogen-bond donors (Lipinski definition) is 2. The number of nitrogens with two attached hydrogens (primary N) is 1. The van der Waals surface area contributed by atoms with Crippen molar-refractivity contribution in [2.24, 2.45) is 0 Å². The molecular formula is C12H11FN4O. The molecule has 0 aliphatic rings. The van der Waals surface area contributed by atoms with Gasteiger partial charge in [-0.15, -0.1) is 0 Å². The number of carbonyl (C=O) groups excluding carboxylic acids is 1. The van der Waals surface area contributed by atoms with Gasteiger partial charge in [0, 0.05) is 11.9 Å². The van der Waals surface area contributed by atoms with Gasteiger partial charge < -0.3 is 11.1 Å². The topological polar surface area (TPSA) is 80.9 Å². The number of nitrogens with one attached hydrogen (secondary N) is 1. The maximum atomic E-state index is 12.9. The number of nitrogen functional groups attached to an aromatic ring is 1. The fourth-order valence-corrected chi connectivity index (χ4v) is 1.33. The first kappa shape index (κ1) is 12.0. The molecule has 6 heteroatoms. The Labute approximate surface area is 103 Å². The van der Waals surface area contributed by atoms with E-state index in [1.807, 2.05) is 0 Å². The van der Waals surface area contributed by atoms with E-state index in [0.29, 0.717) is 5.69 Å². The predicted octanol–water partition coefficient (Wildman–Crippen LogP) is 1.76. The minimum atomic E-state index is -0.525. The highest BCUT2D eigenvalue weighted by Gasteiger charge is 2.08. The van der Waals surface area contributed by atoms with E-state index < -0.39 is 11.7 Å². The second-order valence-corrected chi connectivity index (χ2v) is 3.73. The number of aromatic nitrogens is 2. The van der Waals surface area contributed by atoms with E-state index in [1.54, 1.807) is 6.92 Å². The molecule has 0 fully saturated rings. The zero-order valence-corrected chi connectivity index (χ0v) is 9.64. The van der Waals surface area contributed by atoms with Crippen LogP contribution in [0.25, 0.3) is 0 Å². The van der Waals surface area contributed by atoms with E-state index in [2.05, 4.69) is 15.3 Å². The lowest BCUT2D eigenvalue weighted by Gasteiger charge is -2.05. The molecule has 2 aromatic rings. The Morgan fingerprint density at radius 1 is 1.33 bits per heavy atom. The van der Waals surface area contributed by atoms with E-state index >= 15 is 0 Å². The predicted molar refractivity (Wildman–Crippen MR) is 65.5 cm³/mol. The number of rotatable bonds is 2. The summed E-state index contributed by atoms with van der Waals surface area (Å²) in [4.78, 5) is 19.7. The van der Waals surface area contributed by atoms with Crippen molar-refractivity contribution in [3.63, 3.8) is 0 Å². The van der Waals surface area contributed by atoms with Crippen molar-refractivity contribution in [1.82, 2.24) is 9.97 Å². The van der Waals surface area contributed by atoms with E-state index in [1.165, 1.54) is 30.6 Å². The summed E-state index contributed by atoms with van der Waals surface area (Å²) in [7, 11) is 0. The van der Waals surface area contributed by atoms with Gasteiger partial charge in [-0.3, -0.25) is 9.78 Å². The summed E-state index contributed by atoms with van der Waals surface area (Å²) in [5.41, 5.74) is 6.68. The Balaban J connectivity index is 2.16. The van der Waals surface area contributed by atoms with Crippen molar-refractivity contribution in [1.29, 1.82) is 0 Å². The molecular weight excluding hydrogens is 235 g/mol. The Morgan fingerprint density at radius 2 is 2.11 bits per heavy atom. The third-order valence-electron chi connectivity index (χ3n) is 2.27. The lowest BCUT2D eigenvalue weighted by molar-refractivity contribution is 0.102. The fraction of sp³-hybridized carbons (Fsp3) is 0.0833. The first-order chi connectivity index (χ1) is 8.56. The SMILES string of the molecule is Cc1cnc(C(=O)Nc2ccc(F)c(N)c2)cn1. The number of amides is 1. The zero-order valence-electron chi connectivity index (χ0n) is 9.64. The van der Waals surface area contributed by atoms with Crippen molar-refractivity contribution in [3.05, 3.63) is 47.8 Å². The van der Waals surface area contributed by atoms with Crippen LogP contribution in [0.2, 0.25) is 0 Å². The molecule has 0 saturated carbocycles. The number of benzene rings is 1. The molecule has 1 aromatic carbocycles. The minimum absolute atomic E-state index is 0.0252. The normalized spacial score (nSPS) is 10.1. The average Bonchev–Trinajstić information content (AvgIpc) is 2.34. The molecule has 3 N–H and O–H groups in total. The maximum Gasteiger partial charge on any atom is 0.275 e. The molecule has 0 aliphatic carbocycles. The number of halogens is 1. The van der Waals surface area contributed by atoms with Crippen LogP contribution in [-0.4, -0.2) is 15.9 Å². The van der Waals surface area contributed by atoms with Gasteiger partial charge in [-0.25, -0.2) is 9.37 Å². The van der Waals surface area contributed by atoms with Gasteiger partial charge in [0.05, 0.1) is 17.6 Å². The standard InChI is InChI=1S/C12H11FN4O/c1-7-5-16-11(6-15-7)12(18)17-8-2-3-9(13)10(14)4-8/h2-6H,14H2,1H3,(H,17,18).